The van der Waals surface area contributed by atoms with Gasteiger partial charge in [-0.1, -0.05) is 24.8 Å². The minimum atomic E-state index is 0. The Morgan fingerprint density at radius 1 is 1.29 bits per heavy atom. The van der Waals surface area contributed by atoms with Gasteiger partial charge >= 0.3 is 0 Å². The average molecular weight is 198 g/mol. The zero-order valence-corrected chi connectivity index (χ0v) is 6.50. The van der Waals surface area contributed by atoms with Gasteiger partial charge in [-0.25, -0.2) is 5.31 Å². The molecule has 0 aliphatic rings. The van der Waals surface area contributed by atoms with Crippen LogP contribution in [0.3, 0.4) is 0 Å². The Morgan fingerprint density at radius 2 is 1.29 bits per heavy atom. The third kappa shape index (κ3) is 503. The summed E-state index contributed by atoms with van der Waals surface area (Å²) in [7, 11) is 0. The van der Waals surface area contributed by atoms with E-state index in [1.165, 1.54) is 6.42 Å². The maximum Gasteiger partial charge on any atom is 0 e. The first kappa shape index (κ1) is 25.8. The Balaban J connectivity index is -0.0000000105. The van der Waals surface area contributed by atoms with Gasteiger partial charge in [-0.15, -0.1) is 0 Å². The first-order valence-corrected chi connectivity index (χ1v) is 1.58. The Bertz CT molecular complexity index is 11.7. The first-order valence-electron chi connectivity index (χ1n) is 1.58. The van der Waals surface area contributed by atoms with Crippen LogP contribution >= 0.6 is 0 Å². The molecule has 3 heteroatoms. The molecule has 0 amide bonds. The monoisotopic (exact) mass is 198 g/mol. The Hall–Kier alpha value is 0.513. The number of halogens is 1. The molecular weight excluding hydrogens is 186 g/mol. The van der Waals surface area contributed by atoms with Gasteiger partial charge in [0.25, 0.3) is 0 Å². The fraction of sp³-hybridized carbons (Fsp3) is 0.750. The summed E-state index contributed by atoms with van der Waals surface area (Å²) in [5.41, 5.74) is 0. The third-order valence-corrected chi connectivity index (χ3v) is 0. The molecule has 0 saturated carbocycles. The van der Waals surface area contributed by atoms with Crippen LogP contribution in [-0.4, -0.2) is 5.31 Å². The van der Waals surface area contributed by atoms with E-state index in [1.807, 2.05) is 0 Å². The zero-order chi connectivity index (χ0) is 4.71. The van der Waals surface area contributed by atoms with E-state index in [4.69, 9.17) is 9.84 Å². The van der Waals surface area contributed by atoms with E-state index >= 15 is 0 Å². The second kappa shape index (κ2) is 86.4. The van der Waals surface area contributed by atoms with Gasteiger partial charge in [-0.05, 0) is 0 Å². The quantitative estimate of drug-likeness (QED) is 0.464. The second-order valence-corrected chi connectivity index (χ2v) is 0.707. The minimum Gasteiger partial charge on any atom is -0.358 e. The molecule has 1 radical (unpaired) electrons. The maximum absolute atomic E-state index is 8.50. The fourth-order valence-corrected chi connectivity index (χ4v) is 0. The average Bonchev–Trinajstić information content (AvgIpc) is 1.46. The van der Waals surface area contributed by atoms with Gasteiger partial charge in [-0.2, -0.15) is 0 Å². The number of hydrogen-bond acceptors (Lipinski definition) is 1. The molecule has 51 valence electrons. The van der Waals surface area contributed by atoms with Crippen molar-refractivity contribution in [2.24, 2.45) is 0 Å². The Morgan fingerprint density at radius 3 is 1.29 bits per heavy atom. The van der Waals surface area contributed by atoms with Crippen molar-refractivity contribution >= 4 is 0 Å². The Kier molecular flexibility index (Phi) is 319. The molecule has 1 nitrogen and oxygen atoms in total. The molecule has 0 atom stereocenters. The van der Waals surface area contributed by atoms with Crippen LogP contribution in [0.25, 0.3) is 0 Å². The van der Waals surface area contributed by atoms with Crippen LogP contribution in [0.2, 0.25) is 0 Å². The van der Waals surface area contributed by atoms with E-state index in [1.54, 1.807) is 0 Å². The fourth-order valence-electron chi connectivity index (χ4n) is 0. The van der Waals surface area contributed by atoms with Gasteiger partial charge in [-0.3, -0.25) is 0 Å². The molecule has 0 heterocycles. The normalized spacial score (nSPS) is 3.43. The predicted octanol–water partition coefficient (Wildman–Crippen LogP) is 1.73. The van der Waals surface area contributed by atoms with Crippen molar-refractivity contribution in [3.8, 4) is 0 Å². The summed E-state index contributed by atoms with van der Waals surface area (Å²) in [6.07, 6.45) is 1.25. The number of rotatable bonds is 0. The van der Waals surface area contributed by atoms with Crippen molar-refractivity contribution in [2.45, 2.75) is 20.3 Å². The molecule has 0 unspecified atom stereocenters. The zero-order valence-electron chi connectivity index (χ0n) is 4.87. The molecule has 7 heavy (non-hydrogen) atoms. The summed E-state index contributed by atoms with van der Waals surface area (Å²) < 4.78 is 8.50. The van der Waals surface area contributed by atoms with E-state index in [0.717, 1.165) is 0 Å². The van der Waals surface area contributed by atoms with Crippen molar-refractivity contribution in [2.75, 3.05) is 0 Å². The van der Waals surface area contributed by atoms with Gasteiger partial charge in [0.2, 0.25) is 0 Å². The summed E-state index contributed by atoms with van der Waals surface area (Å²) in [5.74, 6) is 0. The summed E-state index contributed by atoms with van der Waals surface area (Å²) >= 11 is 0. The molecule has 0 rings (SSSR count). The summed E-state index contributed by atoms with van der Waals surface area (Å²) in [6.45, 7) is 4.25. The van der Waals surface area contributed by atoms with Crippen LogP contribution in [0.15, 0.2) is 0 Å². The molecule has 0 aromatic heterocycles. The summed E-state index contributed by atoms with van der Waals surface area (Å²) in [5, 5.41) is 5.50. The van der Waals surface area contributed by atoms with Gasteiger partial charge < -0.3 is 7.43 Å². The predicted molar refractivity (Wildman–Crippen MR) is 25.7 cm³/mol. The molecule has 0 bridgehead atoms. The smallest absolute Gasteiger partial charge is 0 e. The van der Waals surface area contributed by atoms with Crippen molar-refractivity contribution in [3.05, 3.63) is 7.43 Å². The molecule has 1 N–H and O–H groups in total. The summed E-state index contributed by atoms with van der Waals surface area (Å²) in [6, 6.07) is 0. The largest absolute Gasteiger partial charge is 0.358 e. The molecule has 0 fully saturated rings. The van der Waals surface area contributed by atoms with Gasteiger partial charge in [0.15, 0.2) is 0 Å². The second-order valence-electron chi connectivity index (χ2n) is 0.707. The van der Waals surface area contributed by atoms with Crippen molar-refractivity contribution in [1.29, 1.82) is 0 Å². The molecule has 0 aliphatic heterocycles. The van der Waals surface area contributed by atoms with Crippen LogP contribution in [0.5, 0.6) is 0 Å². The molecule has 0 aliphatic carbocycles. The van der Waals surface area contributed by atoms with Gasteiger partial charge in [0.05, 0.1) is 0 Å². The Labute approximate surface area is 57.6 Å². The van der Waals surface area contributed by atoms with Crippen LogP contribution in [0.4, 0.5) is 4.53 Å². The van der Waals surface area contributed by atoms with E-state index in [0.29, 0.717) is 0 Å². The van der Waals surface area contributed by atoms with Crippen LogP contribution in [-0.2, 0) is 19.5 Å². The molecule has 0 spiro atoms. The van der Waals surface area contributed by atoms with E-state index < -0.39 is 0 Å². The standard InChI is InChI=1S/C3H8.CH3.FHO.Rh/c1-3-2;;1-2;/h3H2,1-2H3;1H3;2H;/q;-1;;. The molecule has 0 saturated heterocycles. The van der Waals surface area contributed by atoms with Crippen molar-refractivity contribution in [1.82, 2.24) is 0 Å². The number of hydrogen-bond donors (Lipinski definition) is 1. The van der Waals surface area contributed by atoms with Crippen molar-refractivity contribution in [3.63, 3.8) is 0 Å². The van der Waals surface area contributed by atoms with E-state index in [9.17, 15) is 0 Å². The van der Waals surface area contributed by atoms with Crippen LogP contribution in [0, 0.1) is 7.43 Å². The summed E-state index contributed by atoms with van der Waals surface area (Å²) in [4.78, 5) is 0. The molecule has 0 aromatic rings. The topological polar surface area (TPSA) is 20.2 Å². The van der Waals surface area contributed by atoms with Gasteiger partial charge in [0.1, 0.15) is 0 Å². The SMILES string of the molecule is CCC.OF.[CH3-].[Rh]. The van der Waals surface area contributed by atoms with E-state index in [-0.39, 0.29) is 26.9 Å². The maximum atomic E-state index is 8.50. The van der Waals surface area contributed by atoms with Crippen LogP contribution in [0.1, 0.15) is 20.3 Å². The third-order valence-electron chi connectivity index (χ3n) is 0. The molecular formula is C4H12FORh-. The minimum absolute atomic E-state index is 0. The first-order chi connectivity index (χ1) is 2.41. The van der Waals surface area contributed by atoms with Crippen molar-refractivity contribution < 1.29 is 29.3 Å². The van der Waals surface area contributed by atoms with Crippen LogP contribution < -0.4 is 0 Å². The molecule has 0 aromatic carbocycles. The van der Waals surface area contributed by atoms with E-state index in [2.05, 4.69) is 13.8 Å². The van der Waals surface area contributed by atoms with Gasteiger partial charge in [0, 0.05) is 19.5 Å².